The van der Waals surface area contributed by atoms with E-state index in [1.807, 2.05) is 0 Å². The number of halogens is 1. The van der Waals surface area contributed by atoms with Crippen LogP contribution >= 0.6 is 0 Å². The van der Waals surface area contributed by atoms with Gasteiger partial charge in [0.15, 0.2) is 0 Å². The standard InChI is InChI=1S/C9H9FO/c10-9-6-2-1-4-8(9)5-3-7-11/h1-2,4,6-7H,3,5H2. The monoisotopic (exact) mass is 152 g/mol. The van der Waals surface area contributed by atoms with Crippen LogP contribution in [0.2, 0.25) is 0 Å². The van der Waals surface area contributed by atoms with E-state index in [0.29, 0.717) is 18.4 Å². The molecule has 1 nitrogen and oxygen atoms in total. The molecular weight excluding hydrogens is 143 g/mol. The Morgan fingerprint density at radius 3 is 2.73 bits per heavy atom. The van der Waals surface area contributed by atoms with E-state index in [4.69, 9.17) is 0 Å². The normalized spacial score (nSPS) is 9.55. The fraction of sp³-hybridized carbons (Fsp3) is 0.222. The largest absolute Gasteiger partial charge is 0.303 e. The number of aryl methyl sites for hydroxylation is 1. The summed E-state index contributed by atoms with van der Waals surface area (Å²) in [7, 11) is 0. The lowest BCUT2D eigenvalue weighted by atomic mass is 10.1. The summed E-state index contributed by atoms with van der Waals surface area (Å²) in [5.74, 6) is -0.227. The highest BCUT2D eigenvalue weighted by Crippen LogP contribution is 2.07. The molecule has 0 N–H and O–H groups in total. The Morgan fingerprint density at radius 1 is 1.36 bits per heavy atom. The first kappa shape index (κ1) is 7.92. The maximum absolute atomic E-state index is 12.8. The van der Waals surface area contributed by atoms with Crippen LogP contribution in [0.5, 0.6) is 0 Å². The molecule has 0 aliphatic rings. The summed E-state index contributed by atoms with van der Waals surface area (Å²) in [6.07, 6.45) is 1.68. The van der Waals surface area contributed by atoms with Gasteiger partial charge in [-0.3, -0.25) is 0 Å². The van der Waals surface area contributed by atoms with E-state index < -0.39 is 0 Å². The molecule has 0 bridgehead atoms. The molecule has 58 valence electrons. The van der Waals surface area contributed by atoms with E-state index in [2.05, 4.69) is 0 Å². The topological polar surface area (TPSA) is 17.1 Å². The number of aldehydes is 1. The molecule has 0 heterocycles. The van der Waals surface area contributed by atoms with Crippen molar-refractivity contribution in [1.29, 1.82) is 0 Å². The van der Waals surface area contributed by atoms with Crippen LogP contribution in [-0.2, 0) is 11.2 Å². The maximum atomic E-state index is 12.8. The molecule has 2 heteroatoms. The first-order chi connectivity index (χ1) is 5.34. The number of carbonyl (C=O) groups is 1. The van der Waals surface area contributed by atoms with Gasteiger partial charge in [-0.05, 0) is 18.1 Å². The number of rotatable bonds is 3. The lowest BCUT2D eigenvalue weighted by Crippen LogP contribution is -1.89. The minimum atomic E-state index is -0.227. The first-order valence-corrected chi connectivity index (χ1v) is 3.51. The molecule has 0 amide bonds. The number of carbonyl (C=O) groups excluding carboxylic acids is 1. The summed E-state index contributed by atoms with van der Waals surface area (Å²) in [6.45, 7) is 0. The van der Waals surface area contributed by atoms with Crippen LogP contribution in [0.25, 0.3) is 0 Å². The predicted octanol–water partition coefficient (Wildman–Crippen LogP) is 1.96. The fourth-order valence-electron chi connectivity index (χ4n) is 0.916. The summed E-state index contributed by atoms with van der Waals surface area (Å²) in [4.78, 5) is 9.97. The molecule has 11 heavy (non-hydrogen) atoms. The Morgan fingerprint density at radius 2 is 2.09 bits per heavy atom. The quantitative estimate of drug-likeness (QED) is 0.605. The highest BCUT2D eigenvalue weighted by molar-refractivity contribution is 5.50. The van der Waals surface area contributed by atoms with Crippen molar-refractivity contribution in [3.05, 3.63) is 35.6 Å². The van der Waals surface area contributed by atoms with Crippen molar-refractivity contribution in [2.75, 3.05) is 0 Å². The average molecular weight is 152 g/mol. The maximum Gasteiger partial charge on any atom is 0.126 e. The molecule has 0 spiro atoms. The average Bonchev–Trinajstić information content (AvgIpc) is 2.03. The molecule has 0 saturated carbocycles. The summed E-state index contributed by atoms with van der Waals surface area (Å²) >= 11 is 0. The fourth-order valence-corrected chi connectivity index (χ4v) is 0.916. The Bertz CT molecular complexity index is 245. The first-order valence-electron chi connectivity index (χ1n) is 3.51. The third-order valence-corrected chi connectivity index (χ3v) is 1.49. The third-order valence-electron chi connectivity index (χ3n) is 1.49. The van der Waals surface area contributed by atoms with Crippen molar-refractivity contribution in [3.63, 3.8) is 0 Å². The van der Waals surface area contributed by atoms with Crippen LogP contribution in [0, 0.1) is 5.82 Å². The zero-order chi connectivity index (χ0) is 8.10. The Kier molecular flexibility index (Phi) is 2.78. The van der Waals surface area contributed by atoms with Crippen LogP contribution in [0.15, 0.2) is 24.3 Å². The van der Waals surface area contributed by atoms with Gasteiger partial charge in [-0.25, -0.2) is 4.39 Å². The van der Waals surface area contributed by atoms with Gasteiger partial charge in [-0.15, -0.1) is 0 Å². The molecule has 0 unspecified atom stereocenters. The highest BCUT2D eigenvalue weighted by atomic mass is 19.1. The second-order valence-electron chi connectivity index (χ2n) is 2.30. The summed E-state index contributed by atoms with van der Waals surface area (Å²) < 4.78 is 12.8. The van der Waals surface area contributed by atoms with E-state index in [-0.39, 0.29) is 5.82 Å². The van der Waals surface area contributed by atoms with Crippen molar-refractivity contribution in [2.45, 2.75) is 12.8 Å². The second kappa shape index (κ2) is 3.86. The number of hydrogen-bond acceptors (Lipinski definition) is 1. The van der Waals surface area contributed by atoms with E-state index in [1.165, 1.54) is 6.07 Å². The van der Waals surface area contributed by atoms with Gasteiger partial charge in [0.25, 0.3) is 0 Å². The zero-order valence-corrected chi connectivity index (χ0v) is 6.09. The molecule has 0 fully saturated rings. The smallest absolute Gasteiger partial charge is 0.126 e. The molecule has 0 aliphatic heterocycles. The summed E-state index contributed by atoms with van der Waals surface area (Å²) in [5, 5.41) is 0. The number of benzene rings is 1. The van der Waals surface area contributed by atoms with Gasteiger partial charge in [0.2, 0.25) is 0 Å². The van der Waals surface area contributed by atoms with Crippen LogP contribution in [-0.4, -0.2) is 6.29 Å². The molecular formula is C9H9FO. The third kappa shape index (κ3) is 2.15. The Hall–Kier alpha value is -1.18. The van der Waals surface area contributed by atoms with Gasteiger partial charge in [-0.2, -0.15) is 0 Å². The summed E-state index contributed by atoms with van der Waals surface area (Å²) in [5.41, 5.74) is 0.611. The SMILES string of the molecule is O=CCCc1ccccc1F. The van der Waals surface area contributed by atoms with Gasteiger partial charge < -0.3 is 4.79 Å². The van der Waals surface area contributed by atoms with Crippen molar-refractivity contribution < 1.29 is 9.18 Å². The minimum Gasteiger partial charge on any atom is -0.303 e. The molecule has 0 aliphatic carbocycles. The predicted molar refractivity (Wildman–Crippen MR) is 40.8 cm³/mol. The molecule has 1 aromatic carbocycles. The Balaban J connectivity index is 2.69. The molecule has 1 aromatic rings. The second-order valence-corrected chi connectivity index (χ2v) is 2.30. The lowest BCUT2D eigenvalue weighted by Gasteiger charge is -1.97. The van der Waals surface area contributed by atoms with Crippen molar-refractivity contribution in [1.82, 2.24) is 0 Å². The minimum absolute atomic E-state index is 0.227. The van der Waals surface area contributed by atoms with Crippen LogP contribution in [0.4, 0.5) is 4.39 Å². The zero-order valence-electron chi connectivity index (χ0n) is 6.09. The van der Waals surface area contributed by atoms with E-state index >= 15 is 0 Å². The van der Waals surface area contributed by atoms with Gasteiger partial charge in [-0.1, -0.05) is 18.2 Å². The Labute approximate surface area is 64.9 Å². The molecule has 0 saturated heterocycles. The number of hydrogen-bond donors (Lipinski definition) is 0. The van der Waals surface area contributed by atoms with Crippen LogP contribution in [0.3, 0.4) is 0 Å². The van der Waals surface area contributed by atoms with E-state index in [9.17, 15) is 9.18 Å². The van der Waals surface area contributed by atoms with Gasteiger partial charge in [0.05, 0.1) is 0 Å². The van der Waals surface area contributed by atoms with Crippen LogP contribution < -0.4 is 0 Å². The van der Waals surface area contributed by atoms with Crippen molar-refractivity contribution in [2.24, 2.45) is 0 Å². The lowest BCUT2D eigenvalue weighted by molar-refractivity contribution is -0.107. The highest BCUT2D eigenvalue weighted by Gasteiger charge is 1.97. The van der Waals surface area contributed by atoms with Gasteiger partial charge >= 0.3 is 0 Å². The van der Waals surface area contributed by atoms with Gasteiger partial charge in [0, 0.05) is 6.42 Å². The van der Waals surface area contributed by atoms with Gasteiger partial charge in [0.1, 0.15) is 12.1 Å². The summed E-state index contributed by atoms with van der Waals surface area (Å²) in [6, 6.07) is 6.50. The van der Waals surface area contributed by atoms with Crippen LogP contribution in [0.1, 0.15) is 12.0 Å². The molecule has 0 atom stereocenters. The molecule has 0 radical (unpaired) electrons. The molecule has 0 aromatic heterocycles. The van der Waals surface area contributed by atoms with Crippen molar-refractivity contribution >= 4 is 6.29 Å². The van der Waals surface area contributed by atoms with E-state index in [0.717, 1.165) is 6.29 Å². The molecule has 1 rings (SSSR count). The van der Waals surface area contributed by atoms with E-state index in [1.54, 1.807) is 18.2 Å². The van der Waals surface area contributed by atoms with Crippen molar-refractivity contribution in [3.8, 4) is 0 Å².